The molecule has 0 aromatic carbocycles. The van der Waals surface area contributed by atoms with Gasteiger partial charge in [0.1, 0.15) is 0 Å². The highest BCUT2D eigenvalue weighted by Gasteiger charge is 2.29. The molecule has 6 heteroatoms. The first-order valence-corrected chi connectivity index (χ1v) is 5.72. The zero-order valence-corrected chi connectivity index (χ0v) is 8.25. The van der Waals surface area contributed by atoms with Crippen molar-refractivity contribution in [3.8, 4) is 0 Å². The zero-order valence-electron chi connectivity index (χ0n) is 7.43. The summed E-state index contributed by atoms with van der Waals surface area (Å²) in [6, 6.07) is 0. The summed E-state index contributed by atoms with van der Waals surface area (Å²) in [7, 11) is -3.59. The van der Waals surface area contributed by atoms with E-state index < -0.39 is 21.1 Å². The van der Waals surface area contributed by atoms with Gasteiger partial charge in [-0.25, -0.2) is 8.42 Å². The van der Waals surface area contributed by atoms with Gasteiger partial charge in [-0.15, -0.1) is 0 Å². The fraction of sp³-hybridized carbons (Fsp3) is 0.857. The second kappa shape index (κ2) is 5.18. The lowest BCUT2D eigenvalue weighted by atomic mass is 10.3. The van der Waals surface area contributed by atoms with E-state index in [0.717, 1.165) is 0 Å². The summed E-state index contributed by atoms with van der Waals surface area (Å²) in [5.41, 5.74) is 0. The Hall–Kier alpha value is -0.620. The lowest BCUT2D eigenvalue weighted by Gasteiger charge is -2.09. The van der Waals surface area contributed by atoms with E-state index in [-0.39, 0.29) is 25.2 Å². The molecule has 0 saturated heterocycles. The summed E-state index contributed by atoms with van der Waals surface area (Å²) in [4.78, 5) is 10.5. The van der Waals surface area contributed by atoms with Crippen molar-refractivity contribution in [3.63, 3.8) is 0 Å². The molecule has 0 fully saturated rings. The third-order valence-corrected chi connectivity index (χ3v) is 3.93. The molecule has 1 atom stereocenters. The fourth-order valence-corrected chi connectivity index (χ4v) is 2.62. The number of hydrogen-bond donors (Lipinski definition) is 2. The zero-order chi connectivity index (χ0) is 10.5. The third kappa shape index (κ3) is 3.73. The standard InChI is InChI=1S/C7H14O5S/c1-2-6(7(9)10)13(11,12)5-3-4-8/h6,8H,2-5H2,1H3,(H,9,10). The lowest BCUT2D eigenvalue weighted by Crippen LogP contribution is -2.31. The van der Waals surface area contributed by atoms with Gasteiger partial charge in [-0.1, -0.05) is 6.92 Å². The van der Waals surface area contributed by atoms with Crippen LogP contribution in [0.3, 0.4) is 0 Å². The Morgan fingerprint density at radius 3 is 2.31 bits per heavy atom. The molecule has 0 aliphatic carbocycles. The van der Waals surface area contributed by atoms with Crippen LogP contribution in [0.1, 0.15) is 19.8 Å². The van der Waals surface area contributed by atoms with E-state index in [0.29, 0.717) is 0 Å². The van der Waals surface area contributed by atoms with Gasteiger partial charge in [0.2, 0.25) is 0 Å². The Kier molecular flexibility index (Phi) is 4.94. The first-order chi connectivity index (χ1) is 5.95. The predicted octanol–water partition coefficient (Wildman–Crippen LogP) is -0.353. The molecule has 0 rings (SSSR count). The van der Waals surface area contributed by atoms with E-state index in [1.54, 1.807) is 0 Å². The van der Waals surface area contributed by atoms with Crippen LogP contribution in [0.4, 0.5) is 0 Å². The Morgan fingerprint density at radius 1 is 1.46 bits per heavy atom. The van der Waals surface area contributed by atoms with E-state index in [9.17, 15) is 13.2 Å². The highest BCUT2D eigenvalue weighted by Crippen LogP contribution is 2.08. The van der Waals surface area contributed by atoms with Crippen molar-refractivity contribution < 1.29 is 23.4 Å². The highest BCUT2D eigenvalue weighted by molar-refractivity contribution is 7.92. The molecule has 13 heavy (non-hydrogen) atoms. The first kappa shape index (κ1) is 12.4. The van der Waals surface area contributed by atoms with Crippen LogP contribution in [0.5, 0.6) is 0 Å². The molecule has 0 heterocycles. The molecule has 0 amide bonds. The minimum Gasteiger partial charge on any atom is -0.480 e. The summed E-state index contributed by atoms with van der Waals surface area (Å²) in [5.74, 6) is -1.59. The summed E-state index contributed by atoms with van der Waals surface area (Å²) >= 11 is 0. The maximum atomic E-state index is 11.3. The SMILES string of the molecule is CCC(C(=O)O)S(=O)(=O)CCCO. The number of aliphatic hydroxyl groups is 1. The molecule has 0 aliphatic rings. The smallest absolute Gasteiger partial charge is 0.321 e. The second-order valence-electron chi connectivity index (χ2n) is 2.68. The van der Waals surface area contributed by atoms with Crippen LogP contribution in [0, 0.1) is 0 Å². The largest absolute Gasteiger partial charge is 0.480 e. The number of carbonyl (C=O) groups is 1. The van der Waals surface area contributed by atoms with Crippen LogP contribution in [-0.2, 0) is 14.6 Å². The minimum atomic E-state index is -3.59. The Morgan fingerprint density at radius 2 is 2.00 bits per heavy atom. The molecular weight excluding hydrogens is 196 g/mol. The average Bonchev–Trinajstić information content (AvgIpc) is 2.01. The van der Waals surface area contributed by atoms with E-state index in [1.165, 1.54) is 6.92 Å². The van der Waals surface area contributed by atoms with Crippen LogP contribution >= 0.6 is 0 Å². The lowest BCUT2D eigenvalue weighted by molar-refractivity contribution is -0.136. The van der Waals surface area contributed by atoms with Crippen molar-refractivity contribution in [1.82, 2.24) is 0 Å². The summed E-state index contributed by atoms with van der Waals surface area (Å²) in [5, 5.41) is 15.6. The number of sulfone groups is 1. The van der Waals surface area contributed by atoms with Crippen molar-refractivity contribution >= 4 is 15.8 Å². The molecule has 1 unspecified atom stereocenters. The maximum Gasteiger partial charge on any atom is 0.321 e. The monoisotopic (exact) mass is 210 g/mol. The quantitative estimate of drug-likeness (QED) is 0.625. The minimum absolute atomic E-state index is 0.0586. The third-order valence-electron chi connectivity index (χ3n) is 1.67. The van der Waals surface area contributed by atoms with Gasteiger partial charge in [0, 0.05) is 6.61 Å². The number of carboxylic acids is 1. The van der Waals surface area contributed by atoms with E-state index in [2.05, 4.69) is 0 Å². The van der Waals surface area contributed by atoms with Gasteiger partial charge in [0.15, 0.2) is 15.1 Å². The number of carboxylic acid groups (broad SMARTS) is 1. The molecule has 0 aliphatic heterocycles. The molecule has 0 radical (unpaired) electrons. The summed E-state index contributed by atoms with van der Waals surface area (Å²) < 4.78 is 22.5. The van der Waals surface area contributed by atoms with Gasteiger partial charge in [0.25, 0.3) is 0 Å². The van der Waals surface area contributed by atoms with Gasteiger partial charge in [-0.3, -0.25) is 4.79 Å². The van der Waals surface area contributed by atoms with E-state index >= 15 is 0 Å². The molecule has 5 nitrogen and oxygen atoms in total. The van der Waals surface area contributed by atoms with Gasteiger partial charge in [-0.2, -0.15) is 0 Å². The van der Waals surface area contributed by atoms with Gasteiger partial charge in [-0.05, 0) is 12.8 Å². The summed E-state index contributed by atoms with van der Waals surface area (Å²) in [6.07, 6.45) is 0.148. The summed E-state index contributed by atoms with van der Waals surface area (Å²) in [6.45, 7) is 1.27. The molecule has 0 bridgehead atoms. The van der Waals surface area contributed by atoms with Crippen LogP contribution in [0.15, 0.2) is 0 Å². The maximum absolute atomic E-state index is 11.3. The van der Waals surface area contributed by atoms with Crippen molar-refractivity contribution in [2.75, 3.05) is 12.4 Å². The molecule has 2 N–H and O–H groups in total. The molecule has 0 aromatic rings. The number of aliphatic hydroxyl groups excluding tert-OH is 1. The number of aliphatic carboxylic acids is 1. The Balaban J connectivity index is 4.49. The van der Waals surface area contributed by atoms with E-state index in [1.807, 2.05) is 0 Å². The van der Waals surface area contributed by atoms with Crippen molar-refractivity contribution in [2.24, 2.45) is 0 Å². The van der Waals surface area contributed by atoms with Crippen LogP contribution in [0.2, 0.25) is 0 Å². The molecule has 78 valence electrons. The number of hydrogen-bond acceptors (Lipinski definition) is 4. The average molecular weight is 210 g/mol. The van der Waals surface area contributed by atoms with Gasteiger partial charge < -0.3 is 10.2 Å². The topological polar surface area (TPSA) is 91.7 Å². The van der Waals surface area contributed by atoms with Crippen LogP contribution < -0.4 is 0 Å². The Bertz CT molecular complexity index is 256. The van der Waals surface area contributed by atoms with Crippen LogP contribution in [-0.4, -0.2) is 42.2 Å². The van der Waals surface area contributed by atoms with Crippen molar-refractivity contribution in [1.29, 1.82) is 0 Å². The predicted molar refractivity (Wildman–Crippen MR) is 47.2 cm³/mol. The first-order valence-electron chi connectivity index (χ1n) is 4.01. The van der Waals surface area contributed by atoms with Crippen molar-refractivity contribution in [2.45, 2.75) is 25.0 Å². The second-order valence-corrected chi connectivity index (χ2v) is 4.98. The fourth-order valence-electron chi connectivity index (χ4n) is 0.990. The molecule has 0 aromatic heterocycles. The molecule has 0 saturated carbocycles. The van der Waals surface area contributed by atoms with Gasteiger partial charge in [0.05, 0.1) is 5.75 Å². The Labute approximate surface area is 77.3 Å². The van der Waals surface area contributed by atoms with Crippen LogP contribution in [0.25, 0.3) is 0 Å². The van der Waals surface area contributed by atoms with Gasteiger partial charge >= 0.3 is 5.97 Å². The van der Waals surface area contributed by atoms with Crippen molar-refractivity contribution in [3.05, 3.63) is 0 Å². The molecule has 0 spiro atoms. The number of rotatable bonds is 6. The normalized spacial score (nSPS) is 14.0. The highest BCUT2D eigenvalue weighted by atomic mass is 32.2. The van der Waals surface area contributed by atoms with E-state index in [4.69, 9.17) is 10.2 Å². The molecular formula is C7H14O5S.